The Balaban J connectivity index is 1.49. The van der Waals surface area contributed by atoms with Gasteiger partial charge in [-0.25, -0.2) is 0 Å². The van der Waals surface area contributed by atoms with Crippen molar-refractivity contribution in [3.63, 3.8) is 0 Å². The molecule has 1 aliphatic rings. The molecule has 27 heavy (non-hydrogen) atoms. The molecule has 0 bridgehead atoms. The quantitative estimate of drug-likeness (QED) is 0.807. The highest BCUT2D eigenvalue weighted by Crippen LogP contribution is 2.21. The normalized spacial score (nSPS) is 16.0. The summed E-state index contributed by atoms with van der Waals surface area (Å²) in [5.41, 5.74) is 2.17. The van der Waals surface area contributed by atoms with Gasteiger partial charge in [0.15, 0.2) is 0 Å². The number of carbonyl (C=O) groups is 1. The molecule has 146 valence electrons. The molecule has 1 fully saturated rings. The Morgan fingerprint density at radius 3 is 2.52 bits per heavy atom. The maximum absolute atomic E-state index is 12.4. The highest BCUT2D eigenvalue weighted by molar-refractivity contribution is 5.79. The van der Waals surface area contributed by atoms with Crippen LogP contribution in [0.1, 0.15) is 51.0 Å². The van der Waals surface area contributed by atoms with E-state index in [2.05, 4.69) is 41.1 Å². The van der Waals surface area contributed by atoms with Crippen LogP contribution in [-0.2, 0) is 11.3 Å². The second-order valence-electron chi connectivity index (χ2n) is 7.45. The Bertz CT molecular complexity index is 729. The molecule has 6 nitrogen and oxygen atoms in total. The minimum absolute atomic E-state index is 0.118. The molecule has 0 radical (unpaired) electrons. The van der Waals surface area contributed by atoms with Crippen LogP contribution in [0.4, 0.5) is 0 Å². The zero-order valence-corrected chi connectivity index (χ0v) is 16.6. The number of amides is 1. The van der Waals surface area contributed by atoms with Crippen LogP contribution in [0, 0.1) is 12.8 Å². The minimum Gasteiger partial charge on any atom is -0.353 e. The zero-order chi connectivity index (χ0) is 19.2. The van der Waals surface area contributed by atoms with E-state index >= 15 is 0 Å². The number of nitrogens with one attached hydrogen (secondary N) is 1. The molecule has 1 aliphatic heterocycles. The van der Waals surface area contributed by atoms with Gasteiger partial charge in [0, 0.05) is 17.5 Å². The summed E-state index contributed by atoms with van der Waals surface area (Å²) in [7, 11) is 0. The van der Waals surface area contributed by atoms with Crippen LogP contribution in [0.5, 0.6) is 0 Å². The van der Waals surface area contributed by atoms with E-state index in [4.69, 9.17) is 4.52 Å². The van der Waals surface area contributed by atoms with E-state index in [0.29, 0.717) is 24.3 Å². The highest BCUT2D eigenvalue weighted by atomic mass is 16.5. The number of likely N-dealkylation sites (tertiary alicyclic amines) is 1. The van der Waals surface area contributed by atoms with Crippen molar-refractivity contribution in [1.82, 2.24) is 20.4 Å². The molecule has 2 heterocycles. The third kappa shape index (κ3) is 5.16. The largest absolute Gasteiger partial charge is 0.353 e. The fourth-order valence-corrected chi connectivity index (χ4v) is 3.50. The van der Waals surface area contributed by atoms with Crippen molar-refractivity contribution in [3.05, 3.63) is 35.7 Å². The van der Waals surface area contributed by atoms with Gasteiger partial charge in [0.1, 0.15) is 0 Å². The lowest BCUT2D eigenvalue weighted by Gasteiger charge is -2.31. The van der Waals surface area contributed by atoms with Crippen molar-refractivity contribution in [3.8, 4) is 11.4 Å². The van der Waals surface area contributed by atoms with Gasteiger partial charge >= 0.3 is 0 Å². The molecule has 1 aromatic carbocycles. The second-order valence-corrected chi connectivity index (χ2v) is 7.45. The van der Waals surface area contributed by atoms with Crippen LogP contribution < -0.4 is 5.32 Å². The van der Waals surface area contributed by atoms with Crippen LogP contribution in [0.25, 0.3) is 11.4 Å². The minimum atomic E-state index is 0.118. The molecule has 0 unspecified atom stereocenters. The van der Waals surface area contributed by atoms with Crippen molar-refractivity contribution in [2.24, 2.45) is 5.92 Å². The highest BCUT2D eigenvalue weighted by Gasteiger charge is 2.26. The van der Waals surface area contributed by atoms with Crippen LogP contribution >= 0.6 is 0 Å². The summed E-state index contributed by atoms with van der Waals surface area (Å²) in [6.45, 7) is 8.69. The van der Waals surface area contributed by atoms with Crippen molar-refractivity contribution in [2.75, 3.05) is 13.1 Å². The van der Waals surface area contributed by atoms with E-state index < -0.39 is 0 Å². The molecule has 1 N–H and O–H groups in total. The molecular weight excluding hydrogens is 340 g/mol. The molecule has 3 rings (SSSR count). The Hall–Kier alpha value is -2.21. The van der Waals surface area contributed by atoms with Gasteiger partial charge in [0.05, 0.1) is 6.54 Å². The third-order valence-electron chi connectivity index (χ3n) is 5.43. The van der Waals surface area contributed by atoms with E-state index in [-0.39, 0.29) is 11.8 Å². The first kappa shape index (κ1) is 19.5. The lowest BCUT2D eigenvalue weighted by molar-refractivity contribution is -0.127. The number of benzene rings is 1. The Kier molecular flexibility index (Phi) is 6.61. The summed E-state index contributed by atoms with van der Waals surface area (Å²) in [5.74, 6) is 1.59. The van der Waals surface area contributed by atoms with E-state index in [1.807, 2.05) is 24.3 Å². The topological polar surface area (TPSA) is 71.3 Å². The average Bonchev–Trinajstić information content (AvgIpc) is 3.15. The number of carbonyl (C=O) groups excluding carboxylic acids is 1. The summed E-state index contributed by atoms with van der Waals surface area (Å²) in [5, 5.41) is 7.28. The number of hydrogen-bond donors (Lipinski definition) is 1. The Labute approximate surface area is 161 Å². The molecular formula is C21H30N4O2. The first-order valence-electron chi connectivity index (χ1n) is 10.0. The molecule has 1 amide bonds. The van der Waals surface area contributed by atoms with Crippen molar-refractivity contribution in [1.29, 1.82) is 0 Å². The summed E-state index contributed by atoms with van der Waals surface area (Å²) in [6, 6.07) is 8.40. The molecule has 1 aromatic heterocycles. The van der Waals surface area contributed by atoms with E-state index in [1.165, 1.54) is 5.56 Å². The monoisotopic (exact) mass is 370 g/mol. The molecule has 0 atom stereocenters. The summed E-state index contributed by atoms with van der Waals surface area (Å²) in [6.07, 6.45) is 3.74. The third-order valence-corrected chi connectivity index (χ3v) is 5.43. The maximum Gasteiger partial charge on any atom is 0.241 e. The predicted octanol–water partition coefficient (Wildman–Crippen LogP) is 3.56. The van der Waals surface area contributed by atoms with Crippen LogP contribution in [0.15, 0.2) is 28.8 Å². The smallest absolute Gasteiger partial charge is 0.241 e. The molecule has 0 spiro atoms. The Morgan fingerprint density at radius 1 is 1.22 bits per heavy atom. The fraction of sp³-hybridized carbons (Fsp3) is 0.571. The van der Waals surface area contributed by atoms with Gasteiger partial charge in [-0.2, -0.15) is 4.98 Å². The van der Waals surface area contributed by atoms with Gasteiger partial charge in [-0.15, -0.1) is 0 Å². The van der Waals surface area contributed by atoms with Gasteiger partial charge in [0.2, 0.25) is 17.6 Å². The van der Waals surface area contributed by atoms with E-state index in [0.717, 1.165) is 44.3 Å². The number of aryl methyl sites for hydroxylation is 1. The number of aromatic nitrogens is 2. The number of piperidine rings is 1. The van der Waals surface area contributed by atoms with Gasteiger partial charge in [-0.05, 0) is 45.7 Å². The first-order valence-corrected chi connectivity index (χ1v) is 10.0. The second kappa shape index (κ2) is 9.13. The van der Waals surface area contributed by atoms with Gasteiger partial charge in [0.25, 0.3) is 0 Å². The van der Waals surface area contributed by atoms with Crippen molar-refractivity contribution < 1.29 is 9.32 Å². The number of rotatable bonds is 7. The van der Waals surface area contributed by atoms with Crippen LogP contribution in [0.3, 0.4) is 0 Å². The van der Waals surface area contributed by atoms with Gasteiger partial charge in [-0.3, -0.25) is 9.69 Å². The SMILES string of the molecule is CCC(CC)NC(=O)C1CCN(Cc2nc(-c3ccc(C)cc3)no2)CC1. The molecule has 1 saturated heterocycles. The lowest BCUT2D eigenvalue weighted by Crippen LogP contribution is -2.43. The van der Waals surface area contributed by atoms with Crippen molar-refractivity contribution in [2.45, 2.75) is 59.0 Å². The maximum atomic E-state index is 12.4. The zero-order valence-electron chi connectivity index (χ0n) is 16.6. The molecule has 2 aromatic rings. The summed E-state index contributed by atoms with van der Waals surface area (Å²) < 4.78 is 5.43. The van der Waals surface area contributed by atoms with E-state index in [1.54, 1.807) is 0 Å². The van der Waals surface area contributed by atoms with Gasteiger partial charge in [-0.1, -0.05) is 48.8 Å². The predicted molar refractivity (Wildman–Crippen MR) is 105 cm³/mol. The average molecular weight is 370 g/mol. The summed E-state index contributed by atoms with van der Waals surface area (Å²) >= 11 is 0. The number of hydrogen-bond acceptors (Lipinski definition) is 5. The first-order chi connectivity index (χ1) is 13.1. The van der Waals surface area contributed by atoms with Crippen LogP contribution in [0.2, 0.25) is 0 Å². The van der Waals surface area contributed by atoms with Crippen molar-refractivity contribution >= 4 is 5.91 Å². The molecule has 0 saturated carbocycles. The Morgan fingerprint density at radius 2 is 1.89 bits per heavy atom. The standard InChI is InChI=1S/C21H30N4O2/c1-4-18(5-2)22-21(26)17-10-12-25(13-11-17)14-19-23-20(24-27-19)16-8-6-15(3)7-9-16/h6-9,17-18H,4-5,10-14H2,1-3H3,(H,22,26). The van der Waals surface area contributed by atoms with Crippen LogP contribution in [-0.4, -0.2) is 40.1 Å². The lowest BCUT2D eigenvalue weighted by atomic mass is 9.95. The molecule has 6 heteroatoms. The number of nitrogens with zero attached hydrogens (tertiary/aromatic N) is 3. The summed E-state index contributed by atoms with van der Waals surface area (Å²) in [4.78, 5) is 19.2. The molecule has 0 aliphatic carbocycles. The van der Waals surface area contributed by atoms with Gasteiger partial charge < -0.3 is 9.84 Å². The fourth-order valence-electron chi connectivity index (χ4n) is 3.50. The van der Waals surface area contributed by atoms with E-state index in [9.17, 15) is 4.79 Å².